The van der Waals surface area contributed by atoms with E-state index in [4.69, 9.17) is 0 Å². The van der Waals surface area contributed by atoms with Gasteiger partial charge in [0.05, 0.1) is 11.3 Å². The molecule has 0 aliphatic heterocycles. The highest BCUT2D eigenvalue weighted by Gasteiger charge is 2.06. The molecule has 142 valence electrons. The van der Waals surface area contributed by atoms with Crippen molar-refractivity contribution in [2.45, 2.75) is 58.3 Å². The molecular formula is C22H31NO3. The van der Waals surface area contributed by atoms with Crippen LogP contribution in [0.15, 0.2) is 72.5 Å². The number of hydrogen-bond acceptors (Lipinski definition) is 3. The number of rotatable bonds is 15. The van der Waals surface area contributed by atoms with Crippen LogP contribution in [0, 0.1) is 10.1 Å². The molecule has 0 amide bonds. The molecule has 26 heavy (non-hydrogen) atoms. The summed E-state index contributed by atoms with van der Waals surface area (Å²) in [6.45, 7) is 2.11. The van der Waals surface area contributed by atoms with Gasteiger partial charge in [-0.05, 0) is 44.6 Å². The van der Waals surface area contributed by atoms with E-state index < -0.39 is 0 Å². The summed E-state index contributed by atoms with van der Waals surface area (Å²) in [7, 11) is 0. The van der Waals surface area contributed by atoms with Crippen LogP contribution in [-0.2, 0) is 4.79 Å². The topological polar surface area (TPSA) is 60.2 Å². The van der Waals surface area contributed by atoms with Crippen molar-refractivity contribution < 1.29 is 9.72 Å². The van der Waals surface area contributed by atoms with Crippen molar-refractivity contribution in [3.63, 3.8) is 0 Å². The second-order valence-corrected chi connectivity index (χ2v) is 5.61. The van der Waals surface area contributed by atoms with Crippen molar-refractivity contribution in [3.05, 3.63) is 82.6 Å². The number of aldehydes is 1. The minimum atomic E-state index is -0.321. The molecule has 0 saturated heterocycles. The second-order valence-electron chi connectivity index (χ2n) is 5.61. The first-order valence-corrected chi connectivity index (χ1v) is 9.24. The molecule has 0 N–H and O–H groups in total. The van der Waals surface area contributed by atoms with Gasteiger partial charge >= 0.3 is 0 Å². The zero-order valence-corrected chi connectivity index (χ0v) is 15.8. The molecule has 0 aliphatic rings. The van der Waals surface area contributed by atoms with Gasteiger partial charge in [0.1, 0.15) is 6.29 Å². The average Bonchev–Trinajstić information content (AvgIpc) is 2.63. The molecule has 0 saturated carbocycles. The summed E-state index contributed by atoms with van der Waals surface area (Å²) in [6.07, 6.45) is 28.4. The highest BCUT2D eigenvalue weighted by Crippen LogP contribution is 2.06. The monoisotopic (exact) mass is 357 g/mol. The smallest absolute Gasteiger partial charge is 0.246 e. The molecule has 0 heterocycles. The zero-order valence-electron chi connectivity index (χ0n) is 15.8. The third-order valence-electron chi connectivity index (χ3n) is 3.39. The number of nitrogens with zero attached hydrogens (tertiary/aromatic N) is 1. The molecule has 0 fully saturated rings. The third kappa shape index (κ3) is 16.4. The van der Waals surface area contributed by atoms with Gasteiger partial charge in [0.2, 0.25) is 5.70 Å². The quantitative estimate of drug-likeness (QED) is 0.114. The molecule has 0 aromatic rings. The number of carbonyl (C=O) groups excluding carboxylic acids is 1. The van der Waals surface area contributed by atoms with Gasteiger partial charge in [-0.2, -0.15) is 0 Å². The van der Waals surface area contributed by atoms with Crippen LogP contribution < -0.4 is 0 Å². The fourth-order valence-corrected chi connectivity index (χ4v) is 2.00. The highest BCUT2D eigenvalue weighted by molar-refractivity contribution is 5.49. The van der Waals surface area contributed by atoms with E-state index in [1.54, 1.807) is 6.08 Å². The van der Waals surface area contributed by atoms with Crippen LogP contribution in [-0.4, -0.2) is 11.2 Å². The van der Waals surface area contributed by atoms with Gasteiger partial charge in [-0.15, -0.1) is 0 Å². The van der Waals surface area contributed by atoms with Crippen LogP contribution in [0.2, 0.25) is 0 Å². The first kappa shape index (κ1) is 23.5. The van der Waals surface area contributed by atoms with Crippen LogP contribution >= 0.6 is 0 Å². The Morgan fingerprint density at radius 1 is 0.769 bits per heavy atom. The van der Waals surface area contributed by atoms with Crippen LogP contribution in [0.4, 0.5) is 0 Å². The summed E-state index contributed by atoms with van der Waals surface area (Å²) in [5.74, 6) is 0. The first-order valence-electron chi connectivity index (χ1n) is 9.24. The van der Waals surface area contributed by atoms with Gasteiger partial charge in [0, 0.05) is 6.42 Å². The maximum Gasteiger partial charge on any atom is 0.246 e. The van der Waals surface area contributed by atoms with E-state index in [-0.39, 0.29) is 10.6 Å². The van der Waals surface area contributed by atoms with Gasteiger partial charge in [-0.1, -0.05) is 67.7 Å². The lowest BCUT2D eigenvalue weighted by Crippen LogP contribution is -1.97. The van der Waals surface area contributed by atoms with E-state index in [0.717, 1.165) is 38.4 Å². The Morgan fingerprint density at radius 3 is 1.88 bits per heavy atom. The molecule has 0 spiro atoms. The molecule has 0 rings (SSSR count). The Morgan fingerprint density at radius 2 is 1.31 bits per heavy atom. The van der Waals surface area contributed by atoms with Crippen molar-refractivity contribution in [3.8, 4) is 0 Å². The first-order chi connectivity index (χ1) is 12.7. The molecule has 0 aromatic heterocycles. The third-order valence-corrected chi connectivity index (χ3v) is 3.39. The standard InChI is InChI=1S/C22H31NO3/c1-2-3-4-5-6-7-8-10-13-16-19-22(23(25)26)20-17-14-11-9-12-15-18-21-24/h3-4,6-7,9-10,12-14,17,19,21H,2,5,8,11,15-16,18,20H2,1H3/b4-3+,7-6+,12-9+,13-10+,17-14+,22-19-. The number of hydrogen-bond donors (Lipinski definition) is 0. The molecule has 0 bridgehead atoms. The Labute approximate surface area is 157 Å². The Bertz CT molecular complexity index is 552. The molecule has 0 aliphatic carbocycles. The zero-order chi connectivity index (χ0) is 19.3. The lowest BCUT2D eigenvalue weighted by atomic mass is 10.2. The SMILES string of the molecule is CC/C=C/C/C=C/C/C=C/C/C=C(/C/C=C/C/C=C/CCC=O)[N+](=O)[O-]. The molecule has 4 heteroatoms. The van der Waals surface area contributed by atoms with Crippen molar-refractivity contribution in [1.29, 1.82) is 0 Å². The van der Waals surface area contributed by atoms with Crippen molar-refractivity contribution in [2.75, 3.05) is 0 Å². The van der Waals surface area contributed by atoms with Gasteiger partial charge in [-0.3, -0.25) is 10.1 Å². The van der Waals surface area contributed by atoms with E-state index in [0.29, 0.717) is 19.3 Å². The molecule has 0 unspecified atom stereocenters. The molecule has 4 nitrogen and oxygen atoms in total. The predicted octanol–water partition coefficient (Wildman–Crippen LogP) is 6.27. The summed E-state index contributed by atoms with van der Waals surface area (Å²) < 4.78 is 0. The summed E-state index contributed by atoms with van der Waals surface area (Å²) in [5.41, 5.74) is 0.219. The maximum atomic E-state index is 11.0. The lowest BCUT2D eigenvalue weighted by Gasteiger charge is -1.93. The normalized spacial score (nSPS) is 13.2. The summed E-state index contributed by atoms with van der Waals surface area (Å²) in [6, 6.07) is 0. The fourth-order valence-electron chi connectivity index (χ4n) is 2.00. The lowest BCUT2D eigenvalue weighted by molar-refractivity contribution is -0.427. The van der Waals surface area contributed by atoms with E-state index >= 15 is 0 Å². The van der Waals surface area contributed by atoms with Crippen LogP contribution in [0.1, 0.15) is 58.3 Å². The highest BCUT2D eigenvalue weighted by atomic mass is 16.6. The summed E-state index contributed by atoms with van der Waals surface area (Å²) >= 11 is 0. The minimum Gasteiger partial charge on any atom is -0.303 e. The average molecular weight is 357 g/mol. The summed E-state index contributed by atoms with van der Waals surface area (Å²) in [4.78, 5) is 20.9. The van der Waals surface area contributed by atoms with Crippen LogP contribution in [0.5, 0.6) is 0 Å². The van der Waals surface area contributed by atoms with Gasteiger partial charge in [0.15, 0.2) is 0 Å². The molecule has 0 radical (unpaired) electrons. The molecule has 0 atom stereocenters. The van der Waals surface area contributed by atoms with Gasteiger partial charge in [-0.25, -0.2) is 0 Å². The fraction of sp³-hybridized carbons (Fsp3) is 0.409. The van der Waals surface area contributed by atoms with Gasteiger partial charge < -0.3 is 4.79 Å². The van der Waals surface area contributed by atoms with E-state index in [2.05, 4.69) is 31.2 Å². The van der Waals surface area contributed by atoms with Crippen LogP contribution in [0.25, 0.3) is 0 Å². The van der Waals surface area contributed by atoms with Crippen molar-refractivity contribution in [2.24, 2.45) is 0 Å². The number of nitro groups is 1. The maximum absolute atomic E-state index is 11.0. The van der Waals surface area contributed by atoms with E-state index in [9.17, 15) is 14.9 Å². The van der Waals surface area contributed by atoms with Gasteiger partial charge in [0.25, 0.3) is 0 Å². The van der Waals surface area contributed by atoms with Crippen molar-refractivity contribution >= 4 is 6.29 Å². The molecular weight excluding hydrogens is 326 g/mol. The number of allylic oxidation sites excluding steroid dienone is 11. The second kappa shape index (κ2) is 18.8. The van der Waals surface area contributed by atoms with E-state index in [1.165, 1.54) is 0 Å². The van der Waals surface area contributed by atoms with Crippen molar-refractivity contribution in [1.82, 2.24) is 0 Å². The Hall–Kier alpha value is -2.49. The molecule has 0 aromatic carbocycles. The largest absolute Gasteiger partial charge is 0.303 e. The number of unbranched alkanes of at least 4 members (excludes halogenated alkanes) is 1. The summed E-state index contributed by atoms with van der Waals surface area (Å²) in [5, 5.41) is 11.0. The minimum absolute atomic E-state index is 0.219. The van der Waals surface area contributed by atoms with E-state index in [1.807, 2.05) is 36.5 Å². The Balaban J connectivity index is 4.10. The Kier molecular flexibility index (Phi) is 17.0. The van der Waals surface area contributed by atoms with Crippen LogP contribution in [0.3, 0.4) is 0 Å². The number of carbonyl (C=O) groups is 1. The predicted molar refractivity (Wildman–Crippen MR) is 109 cm³/mol.